The fourth-order valence-corrected chi connectivity index (χ4v) is 5.94. The average molecular weight is 484 g/mol. The van der Waals surface area contributed by atoms with Crippen molar-refractivity contribution in [3.05, 3.63) is 41.5 Å². The molecule has 32 heavy (non-hydrogen) atoms. The Hall–Kier alpha value is -2.50. The van der Waals surface area contributed by atoms with Gasteiger partial charge >= 0.3 is 6.09 Å². The third-order valence-electron chi connectivity index (χ3n) is 4.71. The third-order valence-corrected chi connectivity index (χ3v) is 7.95. The smallest absolute Gasteiger partial charge is 0.412 e. The van der Waals surface area contributed by atoms with E-state index in [-0.39, 0.29) is 28.0 Å². The van der Waals surface area contributed by atoms with Gasteiger partial charge in [0, 0.05) is 18.8 Å². The van der Waals surface area contributed by atoms with Gasteiger partial charge < -0.3 is 10.1 Å². The molecule has 1 aromatic heterocycles. The molecular formula is C21H26FN3O5S2. The van der Waals surface area contributed by atoms with Crippen molar-refractivity contribution in [1.82, 2.24) is 4.31 Å². The van der Waals surface area contributed by atoms with Crippen LogP contribution >= 0.6 is 11.3 Å². The summed E-state index contributed by atoms with van der Waals surface area (Å²) < 4.78 is 46.3. The number of carbonyl (C=O) groups is 2. The number of piperidine rings is 1. The summed E-state index contributed by atoms with van der Waals surface area (Å²) in [5.74, 6) is -1.60. The quantitative estimate of drug-likeness (QED) is 0.661. The number of hydrogen-bond acceptors (Lipinski definition) is 6. The molecule has 1 fully saturated rings. The van der Waals surface area contributed by atoms with E-state index >= 15 is 0 Å². The van der Waals surface area contributed by atoms with Crippen molar-refractivity contribution in [2.24, 2.45) is 5.92 Å². The maximum atomic E-state index is 14.1. The molecule has 1 aliphatic rings. The average Bonchev–Trinajstić information content (AvgIpc) is 3.25. The van der Waals surface area contributed by atoms with Crippen molar-refractivity contribution < 1.29 is 27.1 Å². The lowest BCUT2D eigenvalue weighted by molar-refractivity contribution is -0.120. The van der Waals surface area contributed by atoms with Gasteiger partial charge in [0.1, 0.15) is 15.6 Å². The van der Waals surface area contributed by atoms with Gasteiger partial charge in [-0.2, -0.15) is 4.31 Å². The molecule has 0 saturated carbocycles. The molecule has 0 bridgehead atoms. The van der Waals surface area contributed by atoms with Crippen molar-refractivity contribution >= 4 is 44.7 Å². The Morgan fingerprint density at radius 2 is 1.97 bits per heavy atom. The van der Waals surface area contributed by atoms with Crippen LogP contribution in [0.4, 0.5) is 20.6 Å². The maximum absolute atomic E-state index is 14.1. The second-order valence-electron chi connectivity index (χ2n) is 8.45. The topological polar surface area (TPSA) is 105 Å². The first-order valence-electron chi connectivity index (χ1n) is 10.1. The molecule has 0 aliphatic carbocycles. The monoisotopic (exact) mass is 483 g/mol. The van der Waals surface area contributed by atoms with E-state index in [0.29, 0.717) is 19.4 Å². The van der Waals surface area contributed by atoms with E-state index in [1.165, 1.54) is 16.4 Å². The highest BCUT2D eigenvalue weighted by Gasteiger charge is 2.34. The Kier molecular flexibility index (Phi) is 7.21. The SMILES string of the molecule is CC(C)(C)OC(=O)Nc1cc(NC(=O)C2CCCN(S(=O)(=O)c3cccs3)C2)ccc1F. The van der Waals surface area contributed by atoms with Crippen molar-refractivity contribution in [2.45, 2.75) is 43.4 Å². The molecular weight excluding hydrogens is 457 g/mol. The van der Waals surface area contributed by atoms with Gasteiger partial charge in [0.15, 0.2) is 0 Å². The normalized spacial score (nSPS) is 17.6. The van der Waals surface area contributed by atoms with Crippen molar-refractivity contribution in [1.29, 1.82) is 0 Å². The number of anilines is 2. The largest absolute Gasteiger partial charge is 0.444 e. The van der Waals surface area contributed by atoms with E-state index in [1.807, 2.05) is 0 Å². The Morgan fingerprint density at radius 3 is 2.62 bits per heavy atom. The highest BCUT2D eigenvalue weighted by atomic mass is 32.2. The van der Waals surface area contributed by atoms with Crippen LogP contribution in [0.15, 0.2) is 39.9 Å². The molecule has 2 amide bonds. The fraction of sp³-hybridized carbons (Fsp3) is 0.429. The second-order valence-corrected chi connectivity index (χ2v) is 11.6. The number of nitrogens with one attached hydrogen (secondary N) is 2. The first-order valence-corrected chi connectivity index (χ1v) is 12.4. The van der Waals surface area contributed by atoms with Crippen LogP contribution in [-0.4, -0.2) is 43.4 Å². The molecule has 8 nitrogen and oxygen atoms in total. The molecule has 1 saturated heterocycles. The molecule has 3 rings (SSSR count). The number of carbonyl (C=O) groups excluding carboxylic acids is 2. The summed E-state index contributed by atoms with van der Waals surface area (Å²) in [7, 11) is -3.64. The molecule has 174 valence electrons. The van der Waals surface area contributed by atoms with E-state index < -0.39 is 33.5 Å². The number of halogens is 1. The van der Waals surface area contributed by atoms with Gasteiger partial charge in [-0.15, -0.1) is 11.3 Å². The predicted octanol–water partition coefficient (Wildman–Crippen LogP) is 4.27. The van der Waals surface area contributed by atoms with Crippen LogP contribution in [-0.2, 0) is 19.6 Å². The zero-order valence-electron chi connectivity index (χ0n) is 18.1. The molecule has 1 aliphatic heterocycles. The summed E-state index contributed by atoms with van der Waals surface area (Å²) in [5, 5.41) is 6.71. The minimum Gasteiger partial charge on any atom is -0.444 e. The summed E-state index contributed by atoms with van der Waals surface area (Å²) >= 11 is 1.14. The number of rotatable bonds is 5. The number of ether oxygens (including phenoxy) is 1. The Labute approximate surface area is 190 Å². The van der Waals surface area contributed by atoms with Crippen LogP contribution in [0.1, 0.15) is 33.6 Å². The standard InChI is InChI=1S/C21H26FN3O5S2/c1-21(2,3)30-20(27)24-17-12-15(8-9-16(17)22)23-19(26)14-6-4-10-25(13-14)32(28,29)18-7-5-11-31-18/h5,7-9,11-12,14H,4,6,10,13H2,1-3H3,(H,23,26)(H,24,27). The van der Waals surface area contributed by atoms with Gasteiger partial charge in [-0.1, -0.05) is 6.07 Å². The minimum absolute atomic E-state index is 0.0658. The van der Waals surface area contributed by atoms with Gasteiger partial charge in [0.2, 0.25) is 5.91 Å². The number of nitrogens with zero attached hydrogens (tertiary/aromatic N) is 1. The molecule has 1 atom stereocenters. The lowest BCUT2D eigenvalue weighted by Gasteiger charge is -2.30. The minimum atomic E-state index is -3.64. The zero-order chi connectivity index (χ0) is 23.5. The lowest BCUT2D eigenvalue weighted by Crippen LogP contribution is -2.43. The van der Waals surface area contributed by atoms with Gasteiger partial charge in [-0.3, -0.25) is 10.1 Å². The van der Waals surface area contributed by atoms with Gasteiger partial charge in [0.05, 0.1) is 11.6 Å². The van der Waals surface area contributed by atoms with Crippen molar-refractivity contribution in [2.75, 3.05) is 23.7 Å². The highest BCUT2D eigenvalue weighted by molar-refractivity contribution is 7.91. The molecule has 2 N–H and O–H groups in total. The van der Waals surface area contributed by atoms with Gasteiger partial charge in [-0.25, -0.2) is 17.6 Å². The van der Waals surface area contributed by atoms with E-state index in [9.17, 15) is 22.4 Å². The first-order chi connectivity index (χ1) is 15.0. The fourth-order valence-electron chi connectivity index (χ4n) is 3.27. The summed E-state index contributed by atoms with van der Waals surface area (Å²) in [4.78, 5) is 24.7. The van der Waals surface area contributed by atoms with Crippen molar-refractivity contribution in [3.8, 4) is 0 Å². The molecule has 1 aromatic carbocycles. The first kappa shape index (κ1) is 24.1. The van der Waals surface area contributed by atoms with Crippen LogP contribution in [0.25, 0.3) is 0 Å². The molecule has 0 radical (unpaired) electrons. The van der Waals surface area contributed by atoms with Gasteiger partial charge in [0.25, 0.3) is 10.0 Å². The van der Waals surface area contributed by atoms with Crippen LogP contribution in [0.2, 0.25) is 0 Å². The summed E-state index contributed by atoms with van der Waals surface area (Å²) in [6, 6.07) is 7.00. The lowest BCUT2D eigenvalue weighted by atomic mass is 9.98. The summed E-state index contributed by atoms with van der Waals surface area (Å²) in [6.07, 6.45) is 0.269. The van der Waals surface area contributed by atoms with Crippen molar-refractivity contribution in [3.63, 3.8) is 0 Å². The molecule has 11 heteroatoms. The molecule has 0 spiro atoms. The van der Waals surface area contributed by atoms with Crippen LogP contribution in [0.5, 0.6) is 0 Å². The van der Waals surface area contributed by atoms with E-state index in [1.54, 1.807) is 38.3 Å². The predicted molar refractivity (Wildman–Crippen MR) is 121 cm³/mol. The maximum Gasteiger partial charge on any atom is 0.412 e. The van der Waals surface area contributed by atoms with Crippen LogP contribution in [0.3, 0.4) is 0 Å². The van der Waals surface area contributed by atoms with Gasteiger partial charge in [-0.05, 0) is 63.3 Å². The van der Waals surface area contributed by atoms with E-state index in [4.69, 9.17) is 4.74 Å². The second kappa shape index (κ2) is 9.55. The molecule has 2 heterocycles. The Balaban J connectivity index is 1.67. The summed E-state index contributed by atoms with van der Waals surface area (Å²) in [5.41, 5.74) is -0.605. The Morgan fingerprint density at radius 1 is 1.22 bits per heavy atom. The number of benzene rings is 1. The third kappa shape index (κ3) is 6.05. The Bertz CT molecular complexity index is 1080. The molecule has 2 aromatic rings. The number of sulfonamides is 1. The van der Waals surface area contributed by atoms with E-state index in [0.717, 1.165) is 17.4 Å². The summed E-state index contributed by atoms with van der Waals surface area (Å²) in [6.45, 7) is 5.48. The van der Waals surface area contributed by atoms with E-state index in [2.05, 4.69) is 10.6 Å². The number of hydrogen-bond donors (Lipinski definition) is 2. The van der Waals surface area contributed by atoms with Crippen LogP contribution < -0.4 is 10.6 Å². The highest BCUT2D eigenvalue weighted by Crippen LogP contribution is 2.28. The zero-order valence-corrected chi connectivity index (χ0v) is 19.7. The molecule has 1 unspecified atom stereocenters. The number of amides is 2. The van der Waals surface area contributed by atoms with Crippen LogP contribution in [0, 0.1) is 11.7 Å². The number of thiophene rings is 1.